The van der Waals surface area contributed by atoms with Gasteiger partial charge in [0.15, 0.2) is 0 Å². The maximum atomic E-state index is 5.82. The Hall–Kier alpha value is -0.570. The number of hydrogen-bond donors (Lipinski definition) is 0. The zero-order chi connectivity index (χ0) is 20.1. The average Bonchev–Trinajstić information content (AvgIpc) is 2.72. The molecule has 0 saturated carbocycles. The standard InChI is InChI=1S/C25H43ClO2/c1-24(28-23-25-18-14-13-15-19-25)22-27-21-17-12-10-8-6-4-2-3-5-7-9-11-16-20-26/h13-15,18-19,24H,2-12,16-17,20-23H2,1H3. The Kier molecular flexibility index (Phi) is 17.9. The van der Waals surface area contributed by atoms with Crippen molar-refractivity contribution in [2.24, 2.45) is 0 Å². The van der Waals surface area contributed by atoms with Crippen molar-refractivity contribution in [1.29, 1.82) is 0 Å². The van der Waals surface area contributed by atoms with Gasteiger partial charge in [-0.1, -0.05) is 101 Å². The number of alkyl halides is 1. The molecular formula is C25H43ClO2. The Bertz CT molecular complexity index is 424. The fourth-order valence-electron chi connectivity index (χ4n) is 3.35. The van der Waals surface area contributed by atoms with Crippen LogP contribution < -0.4 is 0 Å². The second-order valence-electron chi connectivity index (χ2n) is 7.97. The van der Waals surface area contributed by atoms with Crippen LogP contribution in [0.3, 0.4) is 0 Å². The molecule has 1 aromatic carbocycles. The molecule has 0 aliphatic carbocycles. The highest BCUT2D eigenvalue weighted by atomic mass is 35.5. The summed E-state index contributed by atoms with van der Waals surface area (Å²) in [4.78, 5) is 0. The minimum absolute atomic E-state index is 0.153. The van der Waals surface area contributed by atoms with Gasteiger partial charge in [-0.25, -0.2) is 0 Å². The van der Waals surface area contributed by atoms with Gasteiger partial charge in [0.05, 0.1) is 19.3 Å². The van der Waals surface area contributed by atoms with Gasteiger partial charge in [0.25, 0.3) is 0 Å². The molecule has 0 spiro atoms. The number of hydrogen-bond acceptors (Lipinski definition) is 2. The van der Waals surface area contributed by atoms with Gasteiger partial charge in [-0.05, 0) is 25.3 Å². The molecule has 3 heteroatoms. The monoisotopic (exact) mass is 410 g/mol. The van der Waals surface area contributed by atoms with Crippen molar-refractivity contribution in [3.63, 3.8) is 0 Å². The first-order valence-corrected chi connectivity index (χ1v) is 12.2. The van der Waals surface area contributed by atoms with E-state index in [9.17, 15) is 0 Å². The number of benzene rings is 1. The summed E-state index contributed by atoms with van der Waals surface area (Å²) in [5.41, 5.74) is 1.22. The summed E-state index contributed by atoms with van der Waals surface area (Å²) in [6, 6.07) is 10.3. The molecule has 0 aromatic heterocycles. The second-order valence-corrected chi connectivity index (χ2v) is 8.35. The molecule has 0 radical (unpaired) electrons. The van der Waals surface area contributed by atoms with Gasteiger partial charge in [-0.3, -0.25) is 0 Å². The van der Waals surface area contributed by atoms with E-state index < -0.39 is 0 Å². The Morgan fingerprint density at radius 1 is 0.714 bits per heavy atom. The van der Waals surface area contributed by atoms with Crippen LogP contribution in [0.25, 0.3) is 0 Å². The van der Waals surface area contributed by atoms with Crippen LogP contribution in [0.1, 0.15) is 96.0 Å². The summed E-state index contributed by atoms with van der Waals surface area (Å²) in [6.07, 6.45) is 17.7. The van der Waals surface area contributed by atoms with Crippen LogP contribution in [0.15, 0.2) is 30.3 Å². The summed E-state index contributed by atoms with van der Waals surface area (Å²) < 4.78 is 11.6. The van der Waals surface area contributed by atoms with Gasteiger partial charge >= 0.3 is 0 Å². The normalized spacial score (nSPS) is 12.4. The highest BCUT2D eigenvalue weighted by Crippen LogP contribution is 2.13. The Labute approximate surface area is 179 Å². The third kappa shape index (κ3) is 16.4. The molecule has 28 heavy (non-hydrogen) atoms. The molecule has 0 fully saturated rings. The Morgan fingerprint density at radius 2 is 1.21 bits per heavy atom. The quantitative estimate of drug-likeness (QED) is 0.160. The minimum atomic E-state index is 0.153. The van der Waals surface area contributed by atoms with E-state index in [1.165, 1.54) is 89.0 Å². The molecule has 162 valence electrons. The molecule has 2 nitrogen and oxygen atoms in total. The van der Waals surface area contributed by atoms with Crippen molar-refractivity contribution in [1.82, 2.24) is 0 Å². The van der Waals surface area contributed by atoms with E-state index in [0.29, 0.717) is 13.2 Å². The van der Waals surface area contributed by atoms with Crippen molar-refractivity contribution in [3.8, 4) is 0 Å². The van der Waals surface area contributed by atoms with E-state index in [-0.39, 0.29) is 6.10 Å². The molecule has 1 rings (SSSR count). The lowest BCUT2D eigenvalue weighted by atomic mass is 10.0. The van der Waals surface area contributed by atoms with Crippen LogP contribution >= 0.6 is 11.6 Å². The molecule has 1 aromatic rings. The van der Waals surface area contributed by atoms with Gasteiger partial charge in [0.2, 0.25) is 0 Å². The highest BCUT2D eigenvalue weighted by molar-refractivity contribution is 6.17. The lowest BCUT2D eigenvalue weighted by molar-refractivity contribution is -0.0155. The van der Waals surface area contributed by atoms with Gasteiger partial charge in [0, 0.05) is 12.5 Å². The molecule has 0 N–H and O–H groups in total. The van der Waals surface area contributed by atoms with Crippen LogP contribution in [0.5, 0.6) is 0 Å². The van der Waals surface area contributed by atoms with Crippen molar-refractivity contribution < 1.29 is 9.47 Å². The fourth-order valence-corrected chi connectivity index (χ4v) is 3.54. The van der Waals surface area contributed by atoms with E-state index in [4.69, 9.17) is 21.1 Å². The van der Waals surface area contributed by atoms with Crippen molar-refractivity contribution >= 4 is 11.6 Å². The van der Waals surface area contributed by atoms with Gasteiger partial charge in [-0.15, -0.1) is 11.6 Å². The second kappa shape index (κ2) is 19.7. The van der Waals surface area contributed by atoms with E-state index in [1.54, 1.807) is 0 Å². The first kappa shape index (κ1) is 25.5. The number of ether oxygens (including phenoxy) is 2. The maximum absolute atomic E-state index is 5.82. The first-order chi connectivity index (χ1) is 13.8. The predicted molar refractivity (Wildman–Crippen MR) is 122 cm³/mol. The topological polar surface area (TPSA) is 18.5 Å². The molecule has 0 bridgehead atoms. The van der Waals surface area contributed by atoms with Crippen LogP contribution in [0.4, 0.5) is 0 Å². The van der Waals surface area contributed by atoms with Gasteiger partial charge in [-0.2, -0.15) is 0 Å². The third-order valence-corrected chi connectivity index (χ3v) is 5.42. The largest absolute Gasteiger partial charge is 0.379 e. The Balaban J connectivity index is 1.75. The van der Waals surface area contributed by atoms with E-state index >= 15 is 0 Å². The van der Waals surface area contributed by atoms with Gasteiger partial charge < -0.3 is 9.47 Å². The van der Waals surface area contributed by atoms with E-state index in [0.717, 1.165) is 12.5 Å². The van der Waals surface area contributed by atoms with Crippen molar-refractivity contribution in [2.45, 2.75) is 103 Å². The van der Waals surface area contributed by atoms with Crippen LogP contribution in [-0.2, 0) is 16.1 Å². The average molecular weight is 411 g/mol. The molecule has 0 amide bonds. The lowest BCUT2D eigenvalue weighted by Crippen LogP contribution is -2.16. The highest BCUT2D eigenvalue weighted by Gasteiger charge is 2.03. The van der Waals surface area contributed by atoms with E-state index in [1.807, 2.05) is 18.2 Å². The van der Waals surface area contributed by atoms with Crippen LogP contribution in [0, 0.1) is 0 Å². The summed E-state index contributed by atoms with van der Waals surface area (Å²) in [7, 11) is 0. The SMILES string of the molecule is CC(COCCCCCCCCCCCCCCCCl)OCc1ccccc1. The zero-order valence-corrected chi connectivity index (χ0v) is 18.9. The number of rotatable bonds is 20. The number of halogens is 1. The maximum Gasteiger partial charge on any atom is 0.0785 e. The molecule has 0 heterocycles. The van der Waals surface area contributed by atoms with Gasteiger partial charge in [0.1, 0.15) is 0 Å². The summed E-state index contributed by atoms with van der Waals surface area (Å²) in [6.45, 7) is 4.31. The number of unbranched alkanes of at least 4 members (excludes halogenated alkanes) is 12. The third-order valence-electron chi connectivity index (χ3n) is 5.15. The molecule has 0 aliphatic heterocycles. The van der Waals surface area contributed by atoms with Crippen molar-refractivity contribution in [2.75, 3.05) is 19.1 Å². The van der Waals surface area contributed by atoms with Crippen molar-refractivity contribution in [3.05, 3.63) is 35.9 Å². The fraction of sp³-hybridized carbons (Fsp3) is 0.760. The van der Waals surface area contributed by atoms with Crippen LogP contribution in [-0.4, -0.2) is 25.2 Å². The molecule has 1 unspecified atom stereocenters. The first-order valence-electron chi connectivity index (χ1n) is 11.6. The molecule has 1 atom stereocenters. The molecular weight excluding hydrogens is 368 g/mol. The summed E-state index contributed by atoms with van der Waals surface area (Å²) in [5.74, 6) is 0.828. The van der Waals surface area contributed by atoms with E-state index in [2.05, 4.69) is 19.1 Å². The summed E-state index contributed by atoms with van der Waals surface area (Å²) >= 11 is 5.69. The zero-order valence-electron chi connectivity index (χ0n) is 18.2. The summed E-state index contributed by atoms with van der Waals surface area (Å²) in [5, 5.41) is 0. The predicted octanol–water partition coefficient (Wildman–Crippen LogP) is 7.92. The smallest absolute Gasteiger partial charge is 0.0785 e. The minimum Gasteiger partial charge on any atom is -0.379 e. The van der Waals surface area contributed by atoms with Crippen LogP contribution in [0.2, 0.25) is 0 Å². The lowest BCUT2D eigenvalue weighted by Gasteiger charge is -2.13. The molecule has 0 saturated heterocycles. The Morgan fingerprint density at radius 3 is 1.75 bits per heavy atom. The molecule has 0 aliphatic rings.